The molecule has 4 aromatic carbocycles. The number of carboxylic acids is 1. The molecule has 5 nitrogen and oxygen atoms in total. The van der Waals surface area contributed by atoms with Crippen molar-refractivity contribution in [1.82, 2.24) is 0 Å². The Bertz CT molecular complexity index is 1270. The minimum Gasteiger partial charge on any atom is -0.495 e. The summed E-state index contributed by atoms with van der Waals surface area (Å²) in [5.74, 6) is 0.313. The number of carbonyl (C=O) groups is 1. The van der Waals surface area contributed by atoms with Crippen molar-refractivity contribution in [3.05, 3.63) is 101 Å². The first kappa shape index (κ1) is 21.5. The molecule has 0 aliphatic carbocycles. The summed E-state index contributed by atoms with van der Waals surface area (Å²) in [6.07, 6.45) is 0. The van der Waals surface area contributed by atoms with Crippen molar-refractivity contribution in [1.29, 1.82) is 0 Å². The highest BCUT2D eigenvalue weighted by atomic mass is 35.5. The van der Waals surface area contributed by atoms with Gasteiger partial charge in [0.1, 0.15) is 18.1 Å². The molecule has 0 spiro atoms. The fraction of sp³-hybridized carbons (Fsp3) is 0.115. The Morgan fingerprint density at radius 2 is 1.78 bits per heavy atom. The van der Waals surface area contributed by atoms with Crippen LogP contribution in [0.3, 0.4) is 0 Å². The second kappa shape index (κ2) is 9.62. The van der Waals surface area contributed by atoms with Gasteiger partial charge in [0, 0.05) is 17.1 Å². The standard InChI is InChI=1S/C26H22ClNO4/c1-31-25-12-10-19(26(29)30)14-23(25)28-15-22-21-8-3-2-6-18(21)9-11-24(22)32-16-17-5-4-7-20(27)13-17/h2-14,28H,15-16H2,1H3,(H,29,30). The maximum atomic E-state index is 11.4. The summed E-state index contributed by atoms with van der Waals surface area (Å²) in [5.41, 5.74) is 2.72. The zero-order valence-corrected chi connectivity index (χ0v) is 18.2. The van der Waals surface area contributed by atoms with Crippen LogP contribution in [-0.2, 0) is 13.2 Å². The molecule has 0 radical (unpaired) electrons. The van der Waals surface area contributed by atoms with Gasteiger partial charge < -0.3 is 19.9 Å². The van der Waals surface area contributed by atoms with Gasteiger partial charge in [-0.05, 0) is 52.7 Å². The van der Waals surface area contributed by atoms with Crippen LogP contribution in [0, 0.1) is 0 Å². The van der Waals surface area contributed by atoms with Crippen LogP contribution in [0.15, 0.2) is 78.9 Å². The van der Waals surface area contributed by atoms with E-state index in [9.17, 15) is 9.90 Å². The van der Waals surface area contributed by atoms with Gasteiger partial charge >= 0.3 is 5.97 Å². The van der Waals surface area contributed by atoms with Crippen LogP contribution in [-0.4, -0.2) is 18.2 Å². The predicted octanol–water partition coefficient (Wildman–Crippen LogP) is 6.39. The van der Waals surface area contributed by atoms with Crippen LogP contribution in [0.2, 0.25) is 5.02 Å². The molecule has 0 atom stereocenters. The Morgan fingerprint density at radius 1 is 0.969 bits per heavy atom. The highest BCUT2D eigenvalue weighted by Crippen LogP contribution is 2.32. The molecular weight excluding hydrogens is 426 g/mol. The Hall–Kier alpha value is -3.70. The smallest absolute Gasteiger partial charge is 0.335 e. The predicted molar refractivity (Wildman–Crippen MR) is 127 cm³/mol. The van der Waals surface area contributed by atoms with E-state index in [1.165, 1.54) is 6.07 Å². The van der Waals surface area contributed by atoms with Crippen LogP contribution in [0.25, 0.3) is 10.8 Å². The van der Waals surface area contributed by atoms with E-state index in [0.29, 0.717) is 29.6 Å². The number of anilines is 1. The summed E-state index contributed by atoms with van der Waals surface area (Å²) in [5, 5.41) is 15.5. The Balaban J connectivity index is 1.65. The van der Waals surface area contributed by atoms with Gasteiger partial charge in [0.25, 0.3) is 0 Å². The summed E-state index contributed by atoms with van der Waals surface area (Å²) in [7, 11) is 1.55. The molecule has 0 saturated heterocycles. The molecule has 0 unspecified atom stereocenters. The molecular formula is C26H22ClNO4. The maximum Gasteiger partial charge on any atom is 0.335 e. The normalized spacial score (nSPS) is 10.7. The first-order chi connectivity index (χ1) is 15.5. The number of ether oxygens (including phenoxy) is 2. The highest BCUT2D eigenvalue weighted by Gasteiger charge is 2.13. The molecule has 0 amide bonds. The zero-order chi connectivity index (χ0) is 22.5. The summed E-state index contributed by atoms with van der Waals surface area (Å²) >= 11 is 6.10. The summed E-state index contributed by atoms with van der Waals surface area (Å²) < 4.78 is 11.6. The monoisotopic (exact) mass is 447 g/mol. The van der Waals surface area contributed by atoms with E-state index in [2.05, 4.69) is 5.32 Å². The topological polar surface area (TPSA) is 67.8 Å². The molecule has 0 fully saturated rings. The van der Waals surface area contributed by atoms with Gasteiger partial charge in [-0.1, -0.05) is 54.1 Å². The van der Waals surface area contributed by atoms with Crippen molar-refractivity contribution in [2.45, 2.75) is 13.2 Å². The maximum absolute atomic E-state index is 11.4. The third kappa shape index (κ3) is 4.79. The van der Waals surface area contributed by atoms with Crippen molar-refractivity contribution in [2.24, 2.45) is 0 Å². The van der Waals surface area contributed by atoms with Crippen molar-refractivity contribution in [3.8, 4) is 11.5 Å². The fourth-order valence-electron chi connectivity index (χ4n) is 3.58. The van der Waals surface area contributed by atoms with Gasteiger partial charge in [0.05, 0.1) is 18.4 Å². The minimum absolute atomic E-state index is 0.184. The van der Waals surface area contributed by atoms with Crippen LogP contribution in [0.5, 0.6) is 11.5 Å². The fourth-order valence-corrected chi connectivity index (χ4v) is 3.80. The molecule has 0 bridgehead atoms. The Kier molecular flexibility index (Phi) is 6.47. The number of rotatable bonds is 8. The number of aromatic carboxylic acids is 1. The Labute approximate surface area is 191 Å². The molecule has 0 aromatic heterocycles. The number of benzene rings is 4. The lowest BCUT2D eigenvalue weighted by Crippen LogP contribution is -2.07. The van der Waals surface area contributed by atoms with E-state index >= 15 is 0 Å². The lowest BCUT2D eigenvalue weighted by molar-refractivity contribution is 0.0697. The summed E-state index contributed by atoms with van der Waals surface area (Å²) in [6.45, 7) is 0.801. The molecule has 0 saturated carbocycles. The second-order valence-corrected chi connectivity index (χ2v) is 7.69. The number of hydrogen-bond acceptors (Lipinski definition) is 4. The second-order valence-electron chi connectivity index (χ2n) is 7.26. The number of hydrogen-bond donors (Lipinski definition) is 2. The van der Waals surface area contributed by atoms with Crippen molar-refractivity contribution in [2.75, 3.05) is 12.4 Å². The molecule has 0 aliphatic rings. The van der Waals surface area contributed by atoms with Crippen LogP contribution in [0.1, 0.15) is 21.5 Å². The van der Waals surface area contributed by atoms with Gasteiger partial charge in [-0.15, -0.1) is 0 Å². The molecule has 162 valence electrons. The van der Waals surface area contributed by atoms with Crippen LogP contribution in [0.4, 0.5) is 5.69 Å². The first-order valence-electron chi connectivity index (χ1n) is 10.1. The lowest BCUT2D eigenvalue weighted by Gasteiger charge is -2.17. The number of methoxy groups -OCH3 is 1. The van der Waals surface area contributed by atoms with Gasteiger partial charge in [0.15, 0.2) is 0 Å². The van der Waals surface area contributed by atoms with E-state index in [0.717, 1.165) is 27.6 Å². The average molecular weight is 448 g/mol. The number of carboxylic acid groups (broad SMARTS) is 1. The molecule has 4 rings (SSSR count). The molecule has 2 N–H and O–H groups in total. The van der Waals surface area contributed by atoms with Crippen LogP contribution >= 0.6 is 11.6 Å². The van der Waals surface area contributed by atoms with Gasteiger partial charge in [-0.3, -0.25) is 0 Å². The molecule has 4 aromatic rings. The first-order valence-corrected chi connectivity index (χ1v) is 10.5. The van der Waals surface area contributed by atoms with Crippen LogP contribution < -0.4 is 14.8 Å². The quantitative estimate of drug-likeness (QED) is 0.327. The Morgan fingerprint density at radius 3 is 2.56 bits per heavy atom. The molecule has 6 heteroatoms. The largest absolute Gasteiger partial charge is 0.495 e. The zero-order valence-electron chi connectivity index (χ0n) is 17.5. The SMILES string of the molecule is COc1ccc(C(=O)O)cc1NCc1c(OCc2cccc(Cl)c2)ccc2ccccc12. The van der Waals surface area contributed by atoms with Crippen molar-refractivity contribution >= 4 is 34.0 Å². The van der Waals surface area contributed by atoms with E-state index in [-0.39, 0.29) is 5.56 Å². The minimum atomic E-state index is -0.994. The average Bonchev–Trinajstić information content (AvgIpc) is 2.81. The number of nitrogens with one attached hydrogen (secondary N) is 1. The lowest BCUT2D eigenvalue weighted by atomic mass is 10.0. The van der Waals surface area contributed by atoms with Crippen molar-refractivity contribution < 1.29 is 19.4 Å². The summed E-state index contributed by atoms with van der Waals surface area (Å²) in [4.78, 5) is 11.4. The van der Waals surface area contributed by atoms with E-state index in [1.54, 1.807) is 19.2 Å². The van der Waals surface area contributed by atoms with E-state index in [1.807, 2.05) is 60.7 Å². The number of halogens is 1. The van der Waals surface area contributed by atoms with E-state index < -0.39 is 5.97 Å². The molecule has 32 heavy (non-hydrogen) atoms. The third-order valence-electron chi connectivity index (χ3n) is 5.18. The van der Waals surface area contributed by atoms with Gasteiger partial charge in [-0.2, -0.15) is 0 Å². The molecule has 0 heterocycles. The summed E-state index contributed by atoms with van der Waals surface area (Å²) in [6, 6.07) is 24.3. The number of fused-ring (bicyclic) bond motifs is 1. The van der Waals surface area contributed by atoms with Crippen molar-refractivity contribution in [3.63, 3.8) is 0 Å². The van der Waals surface area contributed by atoms with Gasteiger partial charge in [0.2, 0.25) is 0 Å². The van der Waals surface area contributed by atoms with Gasteiger partial charge in [-0.25, -0.2) is 4.79 Å². The third-order valence-corrected chi connectivity index (χ3v) is 5.42. The molecule has 0 aliphatic heterocycles. The highest BCUT2D eigenvalue weighted by molar-refractivity contribution is 6.30. The van der Waals surface area contributed by atoms with E-state index in [4.69, 9.17) is 21.1 Å².